The van der Waals surface area contributed by atoms with E-state index in [1.165, 1.54) is 39.1 Å². The molecule has 0 radical (unpaired) electrons. The second-order valence-corrected chi connectivity index (χ2v) is 5.46. The van der Waals surface area contributed by atoms with Crippen LogP contribution in [0.3, 0.4) is 0 Å². The standard InChI is InChI=1S/C11H23N3/c1-10(12)3-5-14-6-4-11(9-14)7-13(2)8-11/h10H,3-9,12H2,1-2H3. The van der Waals surface area contributed by atoms with Gasteiger partial charge in [0.2, 0.25) is 0 Å². The van der Waals surface area contributed by atoms with Gasteiger partial charge in [-0.25, -0.2) is 0 Å². The number of hydrogen-bond acceptors (Lipinski definition) is 3. The molecule has 0 bridgehead atoms. The number of nitrogens with two attached hydrogens (primary N) is 1. The van der Waals surface area contributed by atoms with Gasteiger partial charge < -0.3 is 15.5 Å². The molecule has 0 aromatic heterocycles. The van der Waals surface area contributed by atoms with Crippen LogP contribution in [-0.4, -0.2) is 55.6 Å². The van der Waals surface area contributed by atoms with Crippen molar-refractivity contribution in [3.8, 4) is 0 Å². The highest BCUT2D eigenvalue weighted by atomic mass is 15.2. The molecule has 2 N–H and O–H groups in total. The summed E-state index contributed by atoms with van der Waals surface area (Å²) in [5.74, 6) is 0. The highest BCUT2D eigenvalue weighted by Crippen LogP contribution is 2.38. The van der Waals surface area contributed by atoms with Crippen molar-refractivity contribution in [1.29, 1.82) is 0 Å². The van der Waals surface area contributed by atoms with Gasteiger partial charge in [0.1, 0.15) is 0 Å². The molecule has 14 heavy (non-hydrogen) atoms. The van der Waals surface area contributed by atoms with Crippen LogP contribution in [0.2, 0.25) is 0 Å². The van der Waals surface area contributed by atoms with E-state index in [1.807, 2.05) is 0 Å². The van der Waals surface area contributed by atoms with Crippen molar-refractivity contribution in [2.45, 2.75) is 25.8 Å². The lowest BCUT2D eigenvalue weighted by atomic mass is 9.79. The Morgan fingerprint density at radius 3 is 2.64 bits per heavy atom. The second kappa shape index (κ2) is 3.80. The van der Waals surface area contributed by atoms with E-state index >= 15 is 0 Å². The molecule has 2 fully saturated rings. The molecule has 0 amide bonds. The molecule has 0 aromatic rings. The molecule has 2 saturated heterocycles. The third kappa shape index (κ3) is 2.10. The van der Waals surface area contributed by atoms with Crippen LogP contribution in [0, 0.1) is 5.41 Å². The van der Waals surface area contributed by atoms with Gasteiger partial charge in [-0.1, -0.05) is 0 Å². The van der Waals surface area contributed by atoms with Crippen LogP contribution in [0.5, 0.6) is 0 Å². The summed E-state index contributed by atoms with van der Waals surface area (Å²) in [5, 5.41) is 0. The third-order valence-corrected chi connectivity index (χ3v) is 3.63. The Bertz CT molecular complexity index is 197. The van der Waals surface area contributed by atoms with Crippen LogP contribution in [-0.2, 0) is 0 Å². The third-order valence-electron chi connectivity index (χ3n) is 3.63. The Balaban J connectivity index is 1.73. The molecule has 2 aliphatic heterocycles. The van der Waals surface area contributed by atoms with Crippen LogP contribution in [0.4, 0.5) is 0 Å². The smallest absolute Gasteiger partial charge is 0.00966 e. The number of likely N-dealkylation sites (tertiary alicyclic amines) is 2. The molecule has 0 aliphatic carbocycles. The van der Waals surface area contributed by atoms with Crippen LogP contribution in [0.15, 0.2) is 0 Å². The SMILES string of the molecule is CC(N)CCN1CCC2(CN(C)C2)C1. The Labute approximate surface area is 87.2 Å². The maximum Gasteiger partial charge on any atom is 0.00966 e. The fourth-order valence-corrected chi connectivity index (χ4v) is 2.96. The van der Waals surface area contributed by atoms with Crippen molar-refractivity contribution < 1.29 is 0 Å². The predicted molar refractivity (Wildman–Crippen MR) is 59.3 cm³/mol. The summed E-state index contributed by atoms with van der Waals surface area (Å²) in [7, 11) is 2.22. The van der Waals surface area contributed by atoms with Gasteiger partial charge in [-0.05, 0) is 39.9 Å². The van der Waals surface area contributed by atoms with Crippen molar-refractivity contribution >= 4 is 0 Å². The molecule has 0 aromatic carbocycles. The van der Waals surface area contributed by atoms with Gasteiger partial charge in [0, 0.05) is 31.1 Å². The Morgan fingerprint density at radius 2 is 2.07 bits per heavy atom. The van der Waals surface area contributed by atoms with Crippen molar-refractivity contribution in [3.63, 3.8) is 0 Å². The van der Waals surface area contributed by atoms with E-state index in [4.69, 9.17) is 5.73 Å². The first kappa shape index (κ1) is 10.4. The van der Waals surface area contributed by atoms with E-state index < -0.39 is 0 Å². The van der Waals surface area contributed by atoms with E-state index in [0.717, 1.165) is 6.42 Å². The predicted octanol–water partition coefficient (Wildman–Crippen LogP) is 0.361. The topological polar surface area (TPSA) is 32.5 Å². The lowest BCUT2D eigenvalue weighted by Crippen LogP contribution is -2.55. The van der Waals surface area contributed by atoms with E-state index in [1.54, 1.807) is 0 Å². The molecule has 2 heterocycles. The molecule has 82 valence electrons. The fraction of sp³-hybridized carbons (Fsp3) is 1.00. The minimum Gasteiger partial charge on any atom is -0.328 e. The normalized spacial score (nSPS) is 29.4. The van der Waals surface area contributed by atoms with Gasteiger partial charge in [0.05, 0.1) is 0 Å². The maximum atomic E-state index is 5.77. The van der Waals surface area contributed by atoms with Crippen LogP contribution in [0.25, 0.3) is 0 Å². The summed E-state index contributed by atoms with van der Waals surface area (Å²) in [5.41, 5.74) is 6.43. The van der Waals surface area contributed by atoms with Gasteiger partial charge in [-0.15, -0.1) is 0 Å². The molecular weight excluding hydrogens is 174 g/mol. The minimum atomic E-state index is 0.357. The van der Waals surface area contributed by atoms with Crippen LogP contribution >= 0.6 is 0 Å². The summed E-state index contributed by atoms with van der Waals surface area (Å²) in [4.78, 5) is 5.02. The quantitative estimate of drug-likeness (QED) is 0.709. The summed E-state index contributed by atoms with van der Waals surface area (Å²) >= 11 is 0. The monoisotopic (exact) mass is 197 g/mol. The fourth-order valence-electron chi connectivity index (χ4n) is 2.96. The van der Waals surface area contributed by atoms with Crippen molar-refractivity contribution in [1.82, 2.24) is 9.80 Å². The molecule has 1 spiro atoms. The Hall–Kier alpha value is -0.120. The zero-order chi connectivity index (χ0) is 10.2. The van der Waals surface area contributed by atoms with Crippen molar-refractivity contribution in [2.24, 2.45) is 11.1 Å². The van der Waals surface area contributed by atoms with E-state index in [9.17, 15) is 0 Å². The van der Waals surface area contributed by atoms with E-state index in [0.29, 0.717) is 11.5 Å². The Morgan fingerprint density at radius 1 is 1.36 bits per heavy atom. The molecule has 3 heteroatoms. The molecule has 2 rings (SSSR count). The largest absolute Gasteiger partial charge is 0.328 e. The lowest BCUT2D eigenvalue weighted by Gasteiger charge is -2.46. The van der Waals surface area contributed by atoms with Crippen LogP contribution in [0.1, 0.15) is 19.8 Å². The second-order valence-electron chi connectivity index (χ2n) is 5.46. The number of hydrogen-bond donors (Lipinski definition) is 1. The van der Waals surface area contributed by atoms with Crippen molar-refractivity contribution in [2.75, 3.05) is 39.8 Å². The van der Waals surface area contributed by atoms with E-state index in [-0.39, 0.29) is 0 Å². The molecule has 1 unspecified atom stereocenters. The van der Waals surface area contributed by atoms with Gasteiger partial charge in [0.25, 0.3) is 0 Å². The summed E-state index contributed by atoms with van der Waals surface area (Å²) < 4.78 is 0. The first-order valence-electron chi connectivity index (χ1n) is 5.76. The maximum absolute atomic E-state index is 5.77. The number of nitrogens with zero attached hydrogens (tertiary/aromatic N) is 2. The zero-order valence-electron chi connectivity index (χ0n) is 9.50. The lowest BCUT2D eigenvalue weighted by molar-refractivity contribution is 0.0306. The Kier molecular flexibility index (Phi) is 2.82. The molecular formula is C11H23N3. The number of rotatable bonds is 3. The summed E-state index contributed by atoms with van der Waals surface area (Å²) in [6.45, 7) is 8.51. The first-order valence-corrected chi connectivity index (χ1v) is 5.76. The van der Waals surface area contributed by atoms with Gasteiger partial charge in [0.15, 0.2) is 0 Å². The average molecular weight is 197 g/mol. The molecule has 0 saturated carbocycles. The van der Waals surface area contributed by atoms with Gasteiger partial charge in [-0.3, -0.25) is 0 Å². The van der Waals surface area contributed by atoms with Gasteiger partial charge >= 0.3 is 0 Å². The van der Waals surface area contributed by atoms with Crippen LogP contribution < -0.4 is 5.73 Å². The highest BCUT2D eigenvalue weighted by molar-refractivity contribution is 5.00. The van der Waals surface area contributed by atoms with E-state index in [2.05, 4.69) is 23.8 Å². The summed E-state index contributed by atoms with van der Waals surface area (Å²) in [6, 6.07) is 0.357. The first-order chi connectivity index (χ1) is 6.60. The molecule has 1 atom stereocenters. The van der Waals surface area contributed by atoms with Crippen molar-refractivity contribution in [3.05, 3.63) is 0 Å². The highest BCUT2D eigenvalue weighted by Gasteiger charge is 2.45. The zero-order valence-corrected chi connectivity index (χ0v) is 9.50. The minimum absolute atomic E-state index is 0.357. The summed E-state index contributed by atoms with van der Waals surface area (Å²) in [6.07, 6.45) is 2.54. The van der Waals surface area contributed by atoms with Gasteiger partial charge in [-0.2, -0.15) is 0 Å². The average Bonchev–Trinajstić information content (AvgIpc) is 2.45. The molecule has 2 aliphatic rings. The molecule has 3 nitrogen and oxygen atoms in total.